The number of nitrogens with zero attached hydrogens (tertiary/aromatic N) is 3. The van der Waals surface area contributed by atoms with Crippen LogP contribution < -0.4 is 20.7 Å². The molecule has 2 aliphatic rings. The van der Waals surface area contributed by atoms with Crippen LogP contribution in [-0.4, -0.2) is 32.3 Å². The van der Waals surface area contributed by atoms with Gasteiger partial charge in [0.2, 0.25) is 5.88 Å². The Morgan fingerprint density at radius 2 is 2.00 bits per heavy atom. The van der Waals surface area contributed by atoms with Crippen molar-refractivity contribution in [3.8, 4) is 11.6 Å². The van der Waals surface area contributed by atoms with Gasteiger partial charge >= 0.3 is 12.2 Å². The monoisotopic (exact) mass is 478 g/mol. The van der Waals surface area contributed by atoms with Crippen molar-refractivity contribution in [1.29, 1.82) is 0 Å². The van der Waals surface area contributed by atoms with E-state index in [2.05, 4.69) is 20.6 Å². The SMILES string of the molecule is O=C1NC(=O)/C(=C/c2c(C(F)(F)F)nc3c(NC4CC4)nc(Oc4cccc(Cl)c4)cn23)N1. The van der Waals surface area contributed by atoms with Crippen LogP contribution in [0.4, 0.5) is 23.8 Å². The topological polar surface area (TPSA) is 110 Å². The average molecular weight is 479 g/mol. The second-order valence-electron chi connectivity index (χ2n) is 7.41. The largest absolute Gasteiger partial charge is 0.437 e. The maximum Gasteiger partial charge on any atom is 0.435 e. The van der Waals surface area contributed by atoms with Gasteiger partial charge in [-0.2, -0.15) is 18.2 Å². The van der Waals surface area contributed by atoms with Crippen LogP contribution in [-0.2, 0) is 11.0 Å². The van der Waals surface area contributed by atoms with Gasteiger partial charge in [-0.1, -0.05) is 17.7 Å². The number of halogens is 4. The quantitative estimate of drug-likeness (QED) is 0.378. The summed E-state index contributed by atoms with van der Waals surface area (Å²) in [4.78, 5) is 31.4. The molecule has 1 aliphatic carbocycles. The summed E-state index contributed by atoms with van der Waals surface area (Å²) >= 11 is 5.98. The molecule has 3 heterocycles. The van der Waals surface area contributed by atoms with Crippen LogP contribution in [0.5, 0.6) is 11.6 Å². The van der Waals surface area contributed by atoms with Crippen LogP contribution in [0.2, 0.25) is 5.02 Å². The van der Waals surface area contributed by atoms with E-state index in [9.17, 15) is 22.8 Å². The summed E-state index contributed by atoms with van der Waals surface area (Å²) in [5, 5.41) is 7.59. The predicted octanol–water partition coefficient (Wildman–Crippen LogP) is 3.95. The number of urea groups is 1. The van der Waals surface area contributed by atoms with Gasteiger partial charge in [0.1, 0.15) is 11.4 Å². The number of fused-ring (bicyclic) bond motifs is 1. The van der Waals surface area contributed by atoms with Gasteiger partial charge in [0.05, 0.1) is 11.9 Å². The fourth-order valence-corrected chi connectivity index (χ4v) is 3.41. The molecule has 3 amide bonds. The number of alkyl halides is 3. The zero-order valence-electron chi connectivity index (χ0n) is 16.5. The van der Waals surface area contributed by atoms with Gasteiger partial charge in [-0.15, -0.1) is 0 Å². The highest BCUT2D eigenvalue weighted by atomic mass is 35.5. The van der Waals surface area contributed by atoms with Crippen LogP contribution in [0.25, 0.3) is 11.7 Å². The van der Waals surface area contributed by atoms with Crippen molar-refractivity contribution in [3.05, 3.63) is 52.6 Å². The summed E-state index contributed by atoms with van der Waals surface area (Å²) in [5.74, 6) is -0.472. The lowest BCUT2D eigenvalue weighted by atomic mass is 10.2. The number of carbonyl (C=O) groups is 2. The van der Waals surface area contributed by atoms with Crippen molar-refractivity contribution < 1.29 is 27.5 Å². The summed E-state index contributed by atoms with van der Waals surface area (Å²) < 4.78 is 48.4. The van der Waals surface area contributed by atoms with Crippen molar-refractivity contribution in [1.82, 2.24) is 25.0 Å². The lowest BCUT2D eigenvalue weighted by Crippen LogP contribution is -2.22. The third kappa shape index (κ3) is 4.29. The highest BCUT2D eigenvalue weighted by molar-refractivity contribution is 6.30. The number of aromatic nitrogens is 3. The number of hydrogen-bond donors (Lipinski definition) is 3. The second kappa shape index (κ2) is 7.66. The molecule has 0 bridgehead atoms. The Bertz CT molecular complexity index is 1330. The molecule has 0 unspecified atom stereocenters. The molecular weight excluding hydrogens is 465 g/mol. The summed E-state index contributed by atoms with van der Waals surface area (Å²) in [6, 6.07) is 5.64. The Kier molecular flexibility index (Phi) is 4.89. The highest BCUT2D eigenvalue weighted by Gasteiger charge is 2.39. The predicted molar refractivity (Wildman–Crippen MR) is 111 cm³/mol. The third-order valence-corrected chi connectivity index (χ3v) is 5.06. The molecule has 3 aromatic rings. The fourth-order valence-electron chi connectivity index (χ4n) is 3.23. The van der Waals surface area contributed by atoms with Gasteiger partial charge < -0.3 is 15.4 Å². The Hall–Kier alpha value is -3.80. The van der Waals surface area contributed by atoms with E-state index in [0.29, 0.717) is 10.8 Å². The maximum atomic E-state index is 13.9. The zero-order valence-corrected chi connectivity index (χ0v) is 17.3. The molecule has 170 valence electrons. The Balaban J connectivity index is 1.70. The fraction of sp³-hybridized carbons (Fsp3) is 0.200. The van der Waals surface area contributed by atoms with E-state index < -0.39 is 29.5 Å². The van der Waals surface area contributed by atoms with Crippen LogP contribution in [0.1, 0.15) is 24.2 Å². The van der Waals surface area contributed by atoms with Crippen LogP contribution in [0.15, 0.2) is 36.2 Å². The number of imide groups is 1. The first-order chi connectivity index (χ1) is 15.7. The van der Waals surface area contributed by atoms with Crippen LogP contribution >= 0.6 is 11.6 Å². The Labute approximate surface area is 188 Å². The standard InChI is InChI=1S/C20H14ClF3N6O3/c21-9-2-1-3-11(6-9)33-14-8-30-13(7-12-18(31)29-19(32)26-12)15(20(22,23)24)28-17(30)16(27-14)25-10-4-5-10/h1-3,6-8,10H,4-5H2,(H,25,27)(H2,26,29,31,32)/b12-7-. The first-order valence-electron chi connectivity index (χ1n) is 9.71. The van der Waals surface area contributed by atoms with E-state index in [0.717, 1.165) is 23.3 Å². The summed E-state index contributed by atoms with van der Waals surface area (Å²) in [6.07, 6.45) is -1.04. The average Bonchev–Trinajstić information content (AvgIpc) is 3.37. The van der Waals surface area contributed by atoms with E-state index in [1.165, 1.54) is 12.3 Å². The lowest BCUT2D eigenvalue weighted by molar-refractivity contribution is -0.141. The zero-order chi connectivity index (χ0) is 23.3. The molecule has 1 aromatic carbocycles. The lowest BCUT2D eigenvalue weighted by Gasteiger charge is -2.11. The summed E-state index contributed by atoms with van der Waals surface area (Å²) in [7, 11) is 0. The Morgan fingerprint density at radius 1 is 1.21 bits per heavy atom. The Morgan fingerprint density at radius 3 is 2.64 bits per heavy atom. The van der Waals surface area contributed by atoms with Gasteiger partial charge in [-0.05, 0) is 37.1 Å². The molecule has 1 saturated heterocycles. The number of carbonyl (C=O) groups excluding carboxylic acids is 2. The van der Waals surface area contributed by atoms with Gasteiger partial charge in [-0.3, -0.25) is 14.5 Å². The first kappa shape index (κ1) is 21.1. The first-order valence-corrected chi connectivity index (χ1v) is 10.1. The molecule has 13 heteroatoms. The number of nitrogens with one attached hydrogen (secondary N) is 3. The van der Waals surface area contributed by atoms with E-state index in [4.69, 9.17) is 16.3 Å². The molecule has 0 radical (unpaired) electrons. The van der Waals surface area contributed by atoms with E-state index in [-0.39, 0.29) is 29.1 Å². The van der Waals surface area contributed by atoms with Crippen LogP contribution in [0, 0.1) is 0 Å². The van der Waals surface area contributed by atoms with Crippen molar-refractivity contribution in [2.24, 2.45) is 0 Å². The minimum absolute atomic E-state index is 0.0291. The number of hydrogen-bond acceptors (Lipinski definition) is 6. The smallest absolute Gasteiger partial charge is 0.435 e. The summed E-state index contributed by atoms with van der Waals surface area (Å²) in [6.45, 7) is 0. The molecule has 1 aliphatic heterocycles. The van der Waals surface area contributed by atoms with E-state index in [1.807, 2.05) is 5.32 Å². The van der Waals surface area contributed by atoms with Crippen molar-refractivity contribution in [2.45, 2.75) is 25.1 Å². The molecule has 33 heavy (non-hydrogen) atoms. The number of amides is 3. The second-order valence-corrected chi connectivity index (χ2v) is 7.85. The highest BCUT2D eigenvalue weighted by Crippen LogP contribution is 2.37. The number of ether oxygens (including phenoxy) is 1. The number of benzene rings is 1. The normalized spacial score (nSPS) is 17.4. The minimum atomic E-state index is -4.84. The molecule has 5 rings (SSSR count). The number of anilines is 1. The summed E-state index contributed by atoms with van der Waals surface area (Å²) in [5.41, 5.74) is -2.17. The number of rotatable bonds is 5. The van der Waals surface area contributed by atoms with Crippen molar-refractivity contribution >= 4 is 41.1 Å². The molecule has 2 aromatic heterocycles. The van der Waals surface area contributed by atoms with Gasteiger partial charge in [-0.25, -0.2) is 9.78 Å². The van der Waals surface area contributed by atoms with E-state index >= 15 is 0 Å². The molecule has 9 nitrogen and oxygen atoms in total. The van der Waals surface area contributed by atoms with Gasteiger partial charge in [0, 0.05) is 11.1 Å². The molecule has 1 saturated carbocycles. The van der Waals surface area contributed by atoms with E-state index in [1.54, 1.807) is 18.2 Å². The molecule has 0 spiro atoms. The number of imidazole rings is 1. The molecule has 0 atom stereocenters. The third-order valence-electron chi connectivity index (χ3n) is 4.83. The van der Waals surface area contributed by atoms with Crippen molar-refractivity contribution in [2.75, 3.05) is 5.32 Å². The van der Waals surface area contributed by atoms with Crippen LogP contribution in [0.3, 0.4) is 0 Å². The van der Waals surface area contributed by atoms with Crippen molar-refractivity contribution in [3.63, 3.8) is 0 Å². The molecular formula is C20H14ClF3N6O3. The molecule has 2 fully saturated rings. The van der Waals surface area contributed by atoms with Gasteiger partial charge in [0.25, 0.3) is 5.91 Å². The molecule has 3 N–H and O–H groups in total. The van der Waals surface area contributed by atoms with Gasteiger partial charge in [0.15, 0.2) is 17.2 Å². The minimum Gasteiger partial charge on any atom is -0.437 e. The maximum absolute atomic E-state index is 13.9.